The Bertz CT molecular complexity index is 241. The fraction of sp³-hybridized carbons (Fsp3) is 0.857. The molecule has 2 aliphatic rings. The Labute approximate surface area is 99.7 Å². The first kappa shape index (κ1) is 12.1. The van der Waals surface area contributed by atoms with E-state index in [1.807, 2.05) is 0 Å². The first-order chi connectivity index (χ1) is 7.90. The molecular formula is C14H25NO. The highest BCUT2D eigenvalue weighted by molar-refractivity contribution is 5.18. The van der Waals surface area contributed by atoms with Crippen LogP contribution >= 0.6 is 0 Å². The van der Waals surface area contributed by atoms with E-state index in [9.17, 15) is 0 Å². The highest BCUT2D eigenvalue weighted by atomic mass is 16.5. The predicted molar refractivity (Wildman–Crippen MR) is 67.7 cm³/mol. The molecule has 0 aromatic carbocycles. The van der Waals surface area contributed by atoms with Crippen LogP contribution in [0.4, 0.5) is 0 Å². The summed E-state index contributed by atoms with van der Waals surface area (Å²) in [6.07, 6.45) is 8.19. The van der Waals surface area contributed by atoms with Crippen molar-refractivity contribution in [2.45, 2.75) is 45.4 Å². The smallest absolute Gasteiger partial charge is 0.0594 e. The second-order valence-corrected chi connectivity index (χ2v) is 5.05. The molecule has 0 aromatic heterocycles. The van der Waals surface area contributed by atoms with Crippen LogP contribution in [0, 0.1) is 0 Å². The van der Waals surface area contributed by atoms with Gasteiger partial charge in [-0.05, 0) is 32.1 Å². The maximum Gasteiger partial charge on any atom is 0.0594 e. The van der Waals surface area contributed by atoms with Crippen molar-refractivity contribution in [1.29, 1.82) is 0 Å². The van der Waals surface area contributed by atoms with E-state index in [2.05, 4.69) is 11.8 Å². The zero-order valence-corrected chi connectivity index (χ0v) is 10.6. The molecule has 0 bridgehead atoms. The highest BCUT2D eigenvalue weighted by Crippen LogP contribution is 2.28. The standard InChI is InChI=1S/C14H25NO/c1-2-5-13-6-3-4-7-14(13)12-15-8-10-16-11-9-15/h2-12H2,1H3. The minimum atomic E-state index is 0.927. The molecule has 1 saturated heterocycles. The fourth-order valence-corrected chi connectivity index (χ4v) is 2.85. The number of allylic oxidation sites excluding steroid dienone is 1. The molecule has 1 aliphatic carbocycles. The molecule has 16 heavy (non-hydrogen) atoms. The second kappa shape index (κ2) is 6.41. The van der Waals surface area contributed by atoms with Gasteiger partial charge in [0.1, 0.15) is 0 Å². The monoisotopic (exact) mass is 223 g/mol. The van der Waals surface area contributed by atoms with Crippen LogP contribution in [0.2, 0.25) is 0 Å². The topological polar surface area (TPSA) is 12.5 Å². The third kappa shape index (κ3) is 3.33. The highest BCUT2D eigenvalue weighted by Gasteiger charge is 2.16. The molecule has 1 fully saturated rings. The Hall–Kier alpha value is -0.340. The molecule has 92 valence electrons. The second-order valence-electron chi connectivity index (χ2n) is 5.05. The zero-order chi connectivity index (χ0) is 11.2. The lowest BCUT2D eigenvalue weighted by Gasteiger charge is -2.30. The van der Waals surface area contributed by atoms with Crippen molar-refractivity contribution < 1.29 is 4.74 Å². The van der Waals surface area contributed by atoms with Crippen LogP contribution in [0.3, 0.4) is 0 Å². The number of nitrogens with zero attached hydrogens (tertiary/aromatic N) is 1. The summed E-state index contributed by atoms with van der Waals surface area (Å²) < 4.78 is 5.41. The molecule has 0 atom stereocenters. The van der Waals surface area contributed by atoms with Crippen molar-refractivity contribution >= 4 is 0 Å². The Morgan fingerprint density at radius 2 is 1.75 bits per heavy atom. The largest absolute Gasteiger partial charge is 0.379 e. The number of hydrogen-bond donors (Lipinski definition) is 0. The summed E-state index contributed by atoms with van der Waals surface area (Å²) in [5.74, 6) is 0. The average molecular weight is 223 g/mol. The summed E-state index contributed by atoms with van der Waals surface area (Å²) in [6.45, 7) is 7.63. The molecule has 1 aliphatic heterocycles. The molecule has 0 saturated carbocycles. The van der Waals surface area contributed by atoms with Gasteiger partial charge in [0.15, 0.2) is 0 Å². The molecule has 0 amide bonds. The normalized spacial score (nSPS) is 23.8. The molecule has 0 unspecified atom stereocenters. The van der Waals surface area contributed by atoms with Crippen molar-refractivity contribution in [1.82, 2.24) is 4.90 Å². The molecule has 2 rings (SSSR count). The van der Waals surface area contributed by atoms with Gasteiger partial charge in [0.2, 0.25) is 0 Å². The van der Waals surface area contributed by atoms with Crippen molar-refractivity contribution in [2.75, 3.05) is 32.8 Å². The number of ether oxygens (including phenoxy) is 1. The number of hydrogen-bond acceptors (Lipinski definition) is 2. The van der Waals surface area contributed by atoms with Gasteiger partial charge in [0.05, 0.1) is 13.2 Å². The Morgan fingerprint density at radius 3 is 2.44 bits per heavy atom. The van der Waals surface area contributed by atoms with Crippen molar-refractivity contribution in [3.8, 4) is 0 Å². The van der Waals surface area contributed by atoms with Crippen LogP contribution in [0.15, 0.2) is 11.1 Å². The molecule has 0 aromatic rings. The summed E-state index contributed by atoms with van der Waals surface area (Å²) in [5.41, 5.74) is 3.54. The SMILES string of the molecule is CCCC1=C(CN2CCOCC2)CCCC1. The van der Waals surface area contributed by atoms with Crippen molar-refractivity contribution in [3.63, 3.8) is 0 Å². The van der Waals surface area contributed by atoms with E-state index in [0.29, 0.717) is 0 Å². The average Bonchev–Trinajstić information content (AvgIpc) is 2.33. The van der Waals surface area contributed by atoms with Crippen LogP contribution in [0.5, 0.6) is 0 Å². The van der Waals surface area contributed by atoms with Crippen LogP contribution in [-0.4, -0.2) is 37.7 Å². The van der Waals surface area contributed by atoms with Crippen LogP contribution in [0.25, 0.3) is 0 Å². The molecule has 0 N–H and O–H groups in total. The molecule has 0 spiro atoms. The van der Waals surface area contributed by atoms with Gasteiger partial charge in [0, 0.05) is 19.6 Å². The lowest BCUT2D eigenvalue weighted by atomic mass is 9.89. The van der Waals surface area contributed by atoms with Crippen molar-refractivity contribution in [3.05, 3.63) is 11.1 Å². The molecule has 0 radical (unpaired) electrons. The van der Waals surface area contributed by atoms with E-state index < -0.39 is 0 Å². The summed E-state index contributed by atoms with van der Waals surface area (Å²) in [4.78, 5) is 2.57. The van der Waals surface area contributed by atoms with Crippen LogP contribution in [-0.2, 0) is 4.74 Å². The van der Waals surface area contributed by atoms with E-state index in [4.69, 9.17) is 4.74 Å². The van der Waals surface area contributed by atoms with E-state index in [0.717, 1.165) is 26.3 Å². The lowest BCUT2D eigenvalue weighted by molar-refractivity contribution is 0.0416. The van der Waals surface area contributed by atoms with Gasteiger partial charge in [-0.15, -0.1) is 0 Å². The molecule has 1 heterocycles. The minimum Gasteiger partial charge on any atom is -0.379 e. The number of rotatable bonds is 4. The van der Waals surface area contributed by atoms with Crippen LogP contribution in [0.1, 0.15) is 45.4 Å². The van der Waals surface area contributed by atoms with Gasteiger partial charge in [-0.25, -0.2) is 0 Å². The van der Waals surface area contributed by atoms with Gasteiger partial charge in [-0.1, -0.05) is 24.5 Å². The Balaban J connectivity index is 1.93. The van der Waals surface area contributed by atoms with E-state index in [1.54, 1.807) is 11.1 Å². The quantitative estimate of drug-likeness (QED) is 0.679. The van der Waals surface area contributed by atoms with E-state index >= 15 is 0 Å². The minimum absolute atomic E-state index is 0.927. The maximum absolute atomic E-state index is 5.41. The van der Waals surface area contributed by atoms with E-state index in [-0.39, 0.29) is 0 Å². The number of morpholine rings is 1. The van der Waals surface area contributed by atoms with Gasteiger partial charge >= 0.3 is 0 Å². The van der Waals surface area contributed by atoms with E-state index in [1.165, 1.54) is 45.1 Å². The van der Waals surface area contributed by atoms with Gasteiger partial charge < -0.3 is 4.74 Å². The molecular weight excluding hydrogens is 198 g/mol. The molecule has 2 nitrogen and oxygen atoms in total. The summed E-state index contributed by atoms with van der Waals surface area (Å²) in [6, 6.07) is 0. The maximum atomic E-state index is 5.41. The third-order valence-electron chi connectivity index (χ3n) is 3.78. The summed E-state index contributed by atoms with van der Waals surface area (Å²) in [7, 11) is 0. The van der Waals surface area contributed by atoms with Gasteiger partial charge in [-0.3, -0.25) is 4.90 Å². The lowest BCUT2D eigenvalue weighted by Crippen LogP contribution is -2.37. The predicted octanol–water partition coefficient (Wildman–Crippen LogP) is 2.99. The zero-order valence-electron chi connectivity index (χ0n) is 10.6. The molecule has 2 heteroatoms. The Morgan fingerprint density at radius 1 is 1.06 bits per heavy atom. The first-order valence-corrected chi connectivity index (χ1v) is 6.90. The fourth-order valence-electron chi connectivity index (χ4n) is 2.85. The van der Waals surface area contributed by atoms with Gasteiger partial charge in [-0.2, -0.15) is 0 Å². The first-order valence-electron chi connectivity index (χ1n) is 6.90. The Kier molecular flexibility index (Phi) is 4.86. The summed E-state index contributed by atoms with van der Waals surface area (Å²) >= 11 is 0. The van der Waals surface area contributed by atoms with Crippen molar-refractivity contribution in [2.24, 2.45) is 0 Å². The van der Waals surface area contributed by atoms with Crippen LogP contribution < -0.4 is 0 Å². The summed E-state index contributed by atoms with van der Waals surface area (Å²) in [5, 5.41) is 0. The van der Waals surface area contributed by atoms with Gasteiger partial charge in [0.25, 0.3) is 0 Å². The third-order valence-corrected chi connectivity index (χ3v) is 3.78.